The third kappa shape index (κ3) is 3.96. The minimum absolute atomic E-state index is 0.163. The first-order chi connectivity index (χ1) is 7.99. The molecule has 1 aliphatic rings. The Bertz CT molecular complexity index is 247. The van der Waals surface area contributed by atoms with Gasteiger partial charge in [0.05, 0.1) is 5.54 Å². The number of carbonyl (C=O) groups excluding carboxylic acids is 1. The van der Waals surface area contributed by atoms with Crippen molar-refractivity contribution in [1.29, 1.82) is 0 Å². The predicted octanol–water partition coefficient (Wildman–Crippen LogP) is 1.06. The van der Waals surface area contributed by atoms with Crippen LogP contribution in [0, 0.1) is 0 Å². The van der Waals surface area contributed by atoms with E-state index >= 15 is 0 Å². The fourth-order valence-electron chi connectivity index (χ4n) is 2.52. The first-order valence-electron chi connectivity index (χ1n) is 6.72. The van der Waals surface area contributed by atoms with E-state index in [1.54, 1.807) is 0 Å². The highest BCUT2D eigenvalue weighted by Gasteiger charge is 2.39. The van der Waals surface area contributed by atoms with Gasteiger partial charge in [-0.05, 0) is 46.8 Å². The van der Waals surface area contributed by atoms with Crippen LogP contribution in [0.4, 0.5) is 0 Å². The maximum Gasteiger partial charge on any atom is 0.242 e. The van der Waals surface area contributed by atoms with Crippen molar-refractivity contribution in [3.63, 3.8) is 0 Å². The van der Waals surface area contributed by atoms with E-state index in [1.165, 1.54) is 0 Å². The number of nitrogens with two attached hydrogens (primary N) is 1. The second-order valence-electron chi connectivity index (χ2n) is 5.40. The molecule has 1 rings (SSSR count). The van der Waals surface area contributed by atoms with Crippen LogP contribution in [-0.2, 0) is 4.79 Å². The zero-order valence-corrected chi connectivity index (χ0v) is 11.5. The zero-order valence-electron chi connectivity index (χ0n) is 11.5. The van der Waals surface area contributed by atoms with E-state index in [2.05, 4.69) is 19.0 Å². The van der Waals surface area contributed by atoms with Crippen molar-refractivity contribution < 1.29 is 4.79 Å². The first kappa shape index (κ1) is 14.5. The highest BCUT2D eigenvalue weighted by molar-refractivity contribution is 5.86. The molecule has 1 saturated carbocycles. The van der Waals surface area contributed by atoms with Crippen LogP contribution in [0.15, 0.2) is 0 Å². The van der Waals surface area contributed by atoms with E-state index in [9.17, 15) is 4.79 Å². The van der Waals surface area contributed by atoms with Crippen molar-refractivity contribution >= 4 is 5.91 Å². The van der Waals surface area contributed by atoms with Crippen LogP contribution in [0.5, 0.6) is 0 Å². The molecule has 4 heteroatoms. The normalized spacial score (nSPS) is 18.6. The lowest BCUT2D eigenvalue weighted by Crippen LogP contribution is -2.53. The number of rotatable bonds is 6. The van der Waals surface area contributed by atoms with Crippen LogP contribution in [0.25, 0.3) is 0 Å². The summed E-state index contributed by atoms with van der Waals surface area (Å²) in [5.41, 5.74) is 5.65. The maximum atomic E-state index is 12.4. The molecule has 2 N–H and O–H groups in total. The zero-order chi connectivity index (χ0) is 12.9. The minimum atomic E-state index is -0.561. The molecule has 0 saturated heterocycles. The van der Waals surface area contributed by atoms with Gasteiger partial charge >= 0.3 is 0 Å². The molecular weight excluding hydrogens is 214 g/mol. The van der Waals surface area contributed by atoms with Gasteiger partial charge in [0.15, 0.2) is 0 Å². The molecule has 0 spiro atoms. The van der Waals surface area contributed by atoms with Crippen molar-refractivity contribution in [3.05, 3.63) is 0 Å². The predicted molar refractivity (Wildman–Crippen MR) is 70.8 cm³/mol. The van der Waals surface area contributed by atoms with E-state index < -0.39 is 5.54 Å². The van der Waals surface area contributed by atoms with E-state index in [1.807, 2.05) is 11.8 Å². The number of likely N-dealkylation sites (N-methyl/N-ethyl adjacent to an activating group) is 1. The van der Waals surface area contributed by atoms with Gasteiger partial charge in [0.2, 0.25) is 5.91 Å². The summed E-state index contributed by atoms with van der Waals surface area (Å²) in [6, 6.07) is 0. The van der Waals surface area contributed by atoms with E-state index in [0.717, 1.165) is 51.7 Å². The van der Waals surface area contributed by atoms with Gasteiger partial charge in [-0.3, -0.25) is 4.79 Å². The molecule has 0 aliphatic heterocycles. The number of hydrogen-bond donors (Lipinski definition) is 1. The molecule has 0 unspecified atom stereocenters. The summed E-state index contributed by atoms with van der Waals surface area (Å²) in [7, 11) is 4.11. The monoisotopic (exact) mass is 241 g/mol. The Balaban J connectivity index is 2.46. The van der Waals surface area contributed by atoms with Crippen molar-refractivity contribution in [1.82, 2.24) is 9.80 Å². The lowest BCUT2D eigenvalue weighted by atomic mass is 9.97. The van der Waals surface area contributed by atoms with Gasteiger partial charge < -0.3 is 15.5 Å². The Morgan fingerprint density at radius 1 is 1.24 bits per heavy atom. The molecular formula is C13H27N3O. The Kier molecular flexibility index (Phi) is 5.40. The Labute approximate surface area is 105 Å². The van der Waals surface area contributed by atoms with Crippen LogP contribution < -0.4 is 5.73 Å². The smallest absolute Gasteiger partial charge is 0.242 e. The summed E-state index contributed by atoms with van der Waals surface area (Å²) in [5.74, 6) is 0.163. The molecule has 0 bridgehead atoms. The van der Waals surface area contributed by atoms with E-state index in [-0.39, 0.29) is 5.91 Å². The molecule has 0 heterocycles. The van der Waals surface area contributed by atoms with Crippen LogP contribution in [0.2, 0.25) is 0 Å². The summed E-state index contributed by atoms with van der Waals surface area (Å²) in [5, 5.41) is 0. The topological polar surface area (TPSA) is 49.6 Å². The standard InChI is InChI=1S/C13H27N3O/c1-4-16(11-7-10-15(2)3)12(17)13(14)8-5-6-9-13/h4-11,14H2,1-3H3. The van der Waals surface area contributed by atoms with Crippen molar-refractivity contribution in [2.24, 2.45) is 5.73 Å². The van der Waals surface area contributed by atoms with Gasteiger partial charge in [-0.2, -0.15) is 0 Å². The number of amides is 1. The molecule has 0 atom stereocenters. The lowest BCUT2D eigenvalue weighted by molar-refractivity contribution is -0.136. The molecule has 0 aromatic carbocycles. The SMILES string of the molecule is CCN(CCCN(C)C)C(=O)C1(N)CCCC1. The van der Waals surface area contributed by atoms with Gasteiger partial charge in [-0.15, -0.1) is 0 Å². The second-order valence-corrected chi connectivity index (χ2v) is 5.40. The Hall–Kier alpha value is -0.610. The number of hydrogen-bond acceptors (Lipinski definition) is 3. The van der Waals surface area contributed by atoms with Crippen LogP contribution >= 0.6 is 0 Å². The molecule has 4 nitrogen and oxygen atoms in total. The summed E-state index contributed by atoms with van der Waals surface area (Å²) in [4.78, 5) is 16.4. The Morgan fingerprint density at radius 3 is 2.29 bits per heavy atom. The second kappa shape index (κ2) is 6.36. The average molecular weight is 241 g/mol. The minimum Gasteiger partial charge on any atom is -0.341 e. The third-order valence-electron chi connectivity index (χ3n) is 3.62. The molecule has 1 amide bonds. The summed E-state index contributed by atoms with van der Waals surface area (Å²) >= 11 is 0. The molecule has 0 radical (unpaired) electrons. The van der Waals surface area contributed by atoms with Crippen molar-refractivity contribution in [2.45, 2.75) is 44.6 Å². The molecule has 17 heavy (non-hydrogen) atoms. The number of carbonyl (C=O) groups is 1. The summed E-state index contributed by atoms with van der Waals surface area (Å²) in [6.07, 6.45) is 4.92. The highest BCUT2D eigenvalue weighted by atomic mass is 16.2. The average Bonchev–Trinajstić information content (AvgIpc) is 2.72. The highest BCUT2D eigenvalue weighted by Crippen LogP contribution is 2.28. The van der Waals surface area contributed by atoms with Gasteiger partial charge in [0.25, 0.3) is 0 Å². The molecule has 0 aromatic heterocycles. The first-order valence-corrected chi connectivity index (χ1v) is 6.72. The third-order valence-corrected chi connectivity index (χ3v) is 3.62. The van der Waals surface area contributed by atoms with Gasteiger partial charge in [0, 0.05) is 13.1 Å². The van der Waals surface area contributed by atoms with Gasteiger partial charge in [-0.1, -0.05) is 12.8 Å². The molecule has 1 aliphatic carbocycles. The molecule has 1 fully saturated rings. The van der Waals surface area contributed by atoms with Crippen LogP contribution in [-0.4, -0.2) is 55.0 Å². The van der Waals surface area contributed by atoms with Crippen molar-refractivity contribution in [2.75, 3.05) is 33.7 Å². The molecule has 100 valence electrons. The maximum absolute atomic E-state index is 12.4. The largest absolute Gasteiger partial charge is 0.341 e. The van der Waals surface area contributed by atoms with Crippen LogP contribution in [0.1, 0.15) is 39.0 Å². The molecule has 0 aromatic rings. The van der Waals surface area contributed by atoms with E-state index in [0.29, 0.717) is 0 Å². The fourth-order valence-corrected chi connectivity index (χ4v) is 2.52. The quantitative estimate of drug-likeness (QED) is 0.756. The Morgan fingerprint density at radius 2 is 1.82 bits per heavy atom. The van der Waals surface area contributed by atoms with E-state index in [4.69, 9.17) is 5.73 Å². The van der Waals surface area contributed by atoms with Crippen LogP contribution in [0.3, 0.4) is 0 Å². The lowest BCUT2D eigenvalue weighted by Gasteiger charge is -2.31. The van der Waals surface area contributed by atoms with Crippen molar-refractivity contribution in [3.8, 4) is 0 Å². The van der Waals surface area contributed by atoms with Gasteiger partial charge in [-0.25, -0.2) is 0 Å². The summed E-state index contributed by atoms with van der Waals surface area (Å²) < 4.78 is 0. The fraction of sp³-hybridized carbons (Fsp3) is 0.923. The summed E-state index contributed by atoms with van der Waals surface area (Å²) in [6.45, 7) is 4.64. The van der Waals surface area contributed by atoms with Gasteiger partial charge in [0.1, 0.15) is 0 Å². The number of nitrogens with zero attached hydrogens (tertiary/aromatic N) is 2.